The lowest BCUT2D eigenvalue weighted by molar-refractivity contribution is 0.425. The monoisotopic (exact) mass is 318 g/mol. The van der Waals surface area contributed by atoms with Crippen LogP contribution in [0, 0.1) is 0 Å². The third-order valence-corrected chi connectivity index (χ3v) is 3.82. The summed E-state index contributed by atoms with van der Waals surface area (Å²) in [6.07, 6.45) is 2.52. The lowest BCUT2D eigenvalue weighted by Crippen LogP contribution is -2.29. The first-order valence-electron chi connectivity index (χ1n) is 8.23. The third kappa shape index (κ3) is 5.85. The van der Waals surface area contributed by atoms with Gasteiger partial charge in [-0.2, -0.15) is 0 Å². The van der Waals surface area contributed by atoms with Gasteiger partial charge in [0.1, 0.15) is 11.6 Å². The number of phenols is 1. The molecule has 0 aliphatic heterocycles. The zero-order valence-electron chi connectivity index (χ0n) is 15.0. The van der Waals surface area contributed by atoms with Crippen molar-refractivity contribution in [1.82, 2.24) is 9.88 Å². The van der Waals surface area contributed by atoms with Gasteiger partial charge in [0.2, 0.25) is 0 Å². The molecule has 3 N–H and O–H groups in total. The van der Waals surface area contributed by atoms with E-state index in [-0.39, 0.29) is 0 Å². The van der Waals surface area contributed by atoms with Gasteiger partial charge in [-0.3, -0.25) is 4.99 Å². The van der Waals surface area contributed by atoms with E-state index < -0.39 is 0 Å². The fraction of sp³-hybridized carbons (Fsp3) is 0.500. The molecule has 0 radical (unpaired) electrons. The number of benzene rings is 1. The molecule has 0 bridgehead atoms. The number of fused-ring (bicyclic) bond motifs is 1. The molecule has 0 saturated heterocycles. The molecule has 2 rings (SSSR count). The lowest BCUT2D eigenvalue weighted by atomic mass is 10.2. The van der Waals surface area contributed by atoms with Crippen molar-refractivity contribution in [1.29, 1.82) is 0 Å². The van der Waals surface area contributed by atoms with E-state index in [9.17, 15) is 5.11 Å². The van der Waals surface area contributed by atoms with E-state index in [1.165, 1.54) is 12.8 Å². The number of H-pyrrole nitrogens is 1. The van der Waals surface area contributed by atoms with Crippen LogP contribution in [0.4, 0.5) is 5.82 Å². The van der Waals surface area contributed by atoms with E-state index in [1.807, 2.05) is 26.2 Å². The van der Waals surface area contributed by atoms with Crippen LogP contribution >= 0.6 is 0 Å². The highest BCUT2D eigenvalue weighted by atomic mass is 16.3. The highest BCUT2D eigenvalue weighted by Crippen LogP contribution is 2.22. The van der Waals surface area contributed by atoms with Crippen LogP contribution in [0.25, 0.3) is 10.9 Å². The maximum atomic E-state index is 9.18. The van der Waals surface area contributed by atoms with Crippen LogP contribution in [0.1, 0.15) is 33.6 Å². The standard InChI is InChI=1S/C9H10N2O.C9H20N2/c1-10-9-5-6-4-7(12)2-3-8(6)11-9;1-5-7-8-11(6-2)9(3)10-4/h2-5,10-12H,1H3;5-8H2,1-4H3. The van der Waals surface area contributed by atoms with Crippen LogP contribution < -0.4 is 5.32 Å². The molecule has 2 aromatic rings. The van der Waals surface area contributed by atoms with E-state index in [0.717, 1.165) is 35.6 Å². The van der Waals surface area contributed by atoms with Crippen molar-refractivity contribution in [3.63, 3.8) is 0 Å². The van der Waals surface area contributed by atoms with Gasteiger partial charge in [0.25, 0.3) is 0 Å². The SMILES string of the molecule is CCCCN(CC)C(C)=NC.CNc1cc2cc(O)ccc2[nH]1. The quantitative estimate of drug-likeness (QED) is 0.575. The molecule has 5 heteroatoms. The number of aliphatic imine (C=N–C) groups is 1. The maximum absolute atomic E-state index is 9.18. The van der Waals surface area contributed by atoms with Crippen molar-refractivity contribution in [2.75, 3.05) is 32.5 Å². The van der Waals surface area contributed by atoms with E-state index in [2.05, 4.69) is 41.0 Å². The number of rotatable bonds is 5. The van der Waals surface area contributed by atoms with Gasteiger partial charge in [-0.1, -0.05) is 13.3 Å². The molecule has 128 valence electrons. The molecule has 0 aliphatic carbocycles. The van der Waals surface area contributed by atoms with Crippen LogP contribution in [0.15, 0.2) is 29.3 Å². The van der Waals surface area contributed by atoms with Crippen molar-refractivity contribution in [2.45, 2.75) is 33.6 Å². The molecule has 0 fully saturated rings. The van der Waals surface area contributed by atoms with Crippen LogP contribution in [0.2, 0.25) is 0 Å². The first-order chi connectivity index (χ1) is 11.0. The van der Waals surface area contributed by atoms with Crippen molar-refractivity contribution < 1.29 is 5.11 Å². The summed E-state index contributed by atoms with van der Waals surface area (Å²) < 4.78 is 0. The Labute approximate surface area is 139 Å². The number of unbranched alkanes of at least 4 members (excludes halogenated alkanes) is 1. The Morgan fingerprint density at radius 3 is 2.61 bits per heavy atom. The third-order valence-electron chi connectivity index (χ3n) is 3.82. The number of hydrogen-bond acceptors (Lipinski definition) is 3. The number of aromatic hydroxyl groups is 1. The molecule has 0 unspecified atom stereocenters. The van der Waals surface area contributed by atoms with Gasteiger partial charge in [-0.15, -0.1) is 0 Å². The Balaban J connectivity index is 0.000000232. The largest absolute Gasteiger partial charge is 0.508 e. The fourth-order valence-electron chi connectivity index (χ4n) is 2.29. The van der Waals surface area contributed by atoms with Gasteiger partial charge >= 0.3 is 0 Å². The zero-order valence-corrected chi connectivity index (χ0v) is 15.0. The Hall–Kier alpha value is -2.17. The average Bonchev–Trinajstić information content (AvgIpc) is 2.98. The minimum atomic E-state index is 0.296. The summed E-state index contributed by atoms with van der Waals surface area (Å²) in [4.78, 5) is 9.61. The first-order valence-corrected chi connectivity index (χ1v) is 8.23. The number of nitrogens with zero attached hydrogens (tertiary/aromatic N) is 2. The molecular formula is C18H30N4O. The Morgan fingerprint density at radius 1 is 1.30 bits per heavy atom. The molecule has 0 saturated carbocycles. The zero-order chi connectivity index (χ0) is 17.2. The van der Waals surface area contributed by atoms with Crippen LogP contribution in [0.5, 0.6) is 5.75 Å². The first kappa shape index (κ1) is 18.9. The summed E-state index contributed by atoms with van der Waals surface area (Å²) >= 11 is 0. The second kappa shape index (κ2) is 9.77. The number of anilines is 1. The Bertz CT molecular complexity index is 619. The van der Waals surface area contributed by atoms with Crippen LogP contribution in [-0.2, 0) is 0 Å². The summed E-state index contributed by atoms with van der Waals surface area (Å²) in [7, 11) is 3.70. The molecule has 0 aliphatic rings. The Kier molecular flexibility index (Phi) is 8.02. The minimum Gasteiger partial charge on any atom is -0.508 e. The van der Waals surface area contributed by atoms with Gasteiger partial charge < -0.3 is 20.3 Å². The summed E-state index contributed by atoms with van der Waals surface area (Å²) in [5, 5.41) is 13.2. The smallest absolute Gasteiger partial charge is 0.116 e. The van der Waals surface area contributed by atoms with E-state index in [4.69, 9.17) is 0 Å². The molecule has 1 aromatic heterocycles. The second-order valence-electron chi connectivity index (χ2n) is 5.41. The van der Waals surface area contributed by atoms with E-state index >= 15 is 0 Å². The van der Waals surface area contributed by atoms with Gasteiger partial charge in [0.15, 0.2) is 0 Å². The van der Waals surface area contributed by atoms with E-state index in [0.29, 0.717) is 5.75 Å². The second-order valence-corrected chi connectivity index (χ2v) is 5.41. The van der Waals surface area contributed by atoms with E-state index in [1.54, 1.807) is 12.1 Å². The molecular weight excluding hydrogens is 288 g/mol. The average molecular weight is 318 g/mol. The van der Waals surface area contributed by atoms with Crippen molar-refractivity contribution in [3.8, 4) is 5.75 Å². The number of phenolic OH excluding ortho intramolecular Hbond substituents is 1. The Morgan fingerprint density at radius 2 is 2.04 bits per heavy atom. The topological polar surface area (TPSA) is 63.6 Å². The number of amidine groups is 1. The number of nitrogens with one attached hydrogen (secondary N) is 2. The molecule has 0 amide bonds. The van der Waals surface area contributed by atoms with Gasteiger partial charge in [0, 0.05) is 38.1 Å². The summed E-state index contributed by atoms with van der Waals surface area (Å²) in [6.45, 7) is 8.68. The van der Waals surface area contributed by atoms with Crippen LogP contribution in [-0.4, -0.2) is 48.0 Å². The summed E-state index contributed by atoms with van der Waals surface area (Å²) in [6, 6.07) is 7.20. The van der Waals surface area contributed by atoms with Crippen LogP contribution in [0.3, 0.4) is 0 Å². The van der Waals surface area contributed by atoms with Gasteiger partial charge in [0.05, 0.1) is 5.84 Å². The molecule has 5 nitrogen and oxygen atoms in total. The molecule has 1 aromatic carbocycles. The predicted molar refractivity (Wildman–Crippen MR) is 101 cm³/mol. The molecule has 1 heterocycles. The summed E-state index contributed by atoms with van der Waals surface area (Å²) in [5.74, 6) is 2.40. The number of hydrogen-bond donors (Lipinski definition) is 3. The van der Waals surface area contributed by atoms with Crippen molar-refractivity contribution in [3.05, 3.63) is 24.3 Å². The molecule has 0 atom stereocenters. The number of aromatic nitrogens is 1. The van der Waals surface area contributed by atoms with Crippen molar-refractivity contribution >= 4 is 22.6 Å². The lowest BCUT2D eigenvalue weighted by Gasteiger charge is -2.21. The fourth-order valence-corrected chi connectivity index (χ4v) is 2.29. The highest BCUT2D eigenvalue weighted by molar-refractivity contribution is 5.85. The number of aromatic amines is 1. The minimum absolute atomic E-state index is 0.296. The predicted octanol–water partition coefficient (Wildman–Crippen LogP) is 4.07. The maximum Gasteiger partial charge on any atom is 0.116 e. The normalized spacial score (nSPS) is 11.1. The summed E-state index contributed by atoms with van der Waals surface area (Å²) in [5.41, 5.74) is 1.03. The van der Waals surface area contributed by atoms with Crippen molar-refractivity contribution in [2.24, 2.45) is 4.99 Å². The van der Waals surface area contributed by atoms with Gasteiger partial charge in [-0.05, 0) is 44.5 Å². The highest BCUT2D eigenvalue weighted by Gasteiger charge is 2.01. The molecule has 0 spiro atoms. The molecule has 23 heavy (non-hydrogen) atoms. The van der Waals surface area contributed by atoms with Gasteiger partial charge in [-0.25, -0.2) is 0 Å².